The van der Waals surface area contributed by atoms with Gasteiger partial charge in [-0.3, -0.25) is 0 Å². The third-order valence-electron chi connectivity index (χ3n) is 2.62. The molecule has 102 valence electrons. The Bertz CT molecular complexity index is 662. The van der Waals surface area contributed by atoms with E-state index in [1.54, 1.807) is 30.3 Å². The number of carboxylic acids is 2. The molecule has 0 aromatic heterocycles. The fraction of sp³-hybridized carbons (Fsp3) is 0. The van der Waals surface area contributed by atoms with E-state index in [-0.39, 0.29) is 16.0 Å². The molecule has 0 aliphatic carbocycles. The molecule has 20 heavy (non-hydrogen) atoms. The second-order valence-electron chi connectivity index (χ2n) is 3.87. The summed E-state index contributed by atoms with van der Waals surface area (Å²) in [6.45, 7) is 0. The van der Waals surface area contributed by atoms with Gasteiger partial charge in [-0.05, 0) is 24.3 Å². The molecule has 2 N–H and O–H groups in total. The number of carbonyl (C=O) groups is 2. The molecule has 0 aliphatic heterocycles. The molecule has 0 aliphatic rings. The summed E-state index contributed by atoms with van der Waals surface area (Å²) in [5, 5.41) is 18.3. The standard InChI is InChI=1S/C14H10O5S/c15-13(16)10-7-4-8-11(14(17)18)12(10)20(19)9-5-2-1-3-6-9/h1-8H,(H,15,16)(H,17,18). The highest BCUT2D eigenvalue weighted by Gasteiger charge is 2.23. The zero-order valence-electron chi connectivity index (χ0n) is 10.1. The van der Waals surface area contributed by atoms with Gasteiger partial charge in [0.05, 0.1) is 26.8 Å². The summed E-state index contributed by atoms with van der Waals surface area (Å²) in [6, 6.07) is 11.9. The van der Waals surface area contributed by atoms with Gasteiger partial charge in [-0.2, -0.15) is 0 Å². The Hall–Kier alpha value is -2.47. The lowest BCUT2D eigenvalue weighted by Gasteiger charge is -2.09. The Morgan fingerprint density at radius 1 is 0.800 bits per heavy atom. The Kier molecular flexibility index (Phi) is 3.95. The quantitative estimate of drug-likeness (QED) is 0.901. The van der Waals surface area contributed by atoms with E-state index in [0.717, 1.165) is 0 Å². The summed E-state index contributed by atoms with van der Waals surface area (Å²) in [4.78, 5) is 22.6. The number of hydrogen-bond acceptors (Lipinski definition) is 3. The first kappa shape index (κ1) is 14.0. The first-order valence-electron chi connectivity index (χ1n) is 5.59. The van der Waals surface area contributed by atoms with Crippen molar-refractivity contribution in [2.75, 3.05) is 0 Å². The molecule has 0 bridgehead atoms. The smallest absolute Gasteiger partial charge is 0.336 e. The van der Waals surface area contributed by atoms with E-state index in [1.807, 2.05) is 0 Å². The van der Waals surface area contributed by atoms with Crippen LogP contribution in [-0.2, 0) is 10.8 Å². The van der Waals surface area contributed by atoms with Crippen LogP contribution in [0.25, 0.3) is 0 Å². The summed E-state index contributed by atoms with van der Waals surface area (Å²) < 4.78 is 12.5. The van der Waals surface area contributed by atoms with Gasteiger partial charge in [0.2, 0.25) is 0 Å². The average Bonchev–Trinajstić information content (AvgIpc) is 2.46. The van der Waals surface area contributed by atoms with Gasteiger partial charge >= 0.3 is 11.9 Å². The minimum Gasteiger partial charge on any atom is -0.478 e. The zero-order chi connectivity index (χ0) is 14.7. The lowest BCUT2D eigenvalue weighted by atomic mass is 10.1. The van der Waals surface area contributed by atoms with E-state index in [2.05, 4.69) is 0 Å². The molecule has 0 heterocycles. The predicted molar refractivity (Wildman–Crippen MR) is 71.5 cm³/mol. The highest BCUT2D eigenvalue weighted by molar-refractivity contribution is 7.85. The van der Waals surface area contributed by atoms with Crippen molar-refractivity contribution >= 4 is 22.7 Å². The Morgan fingerprint density at radius 2 is 1.30 bits per heavy atom. The second-order valence-corrected chi connectivity index (χ2v) is 5.29. The fourth-order valence-corrected chi connectivity index (χ4v) is 3.09. The molecule has 0 amide bonds. The van der Waals surface area contributed by atoms with E-state index >= 15 is 0 Å². The monoisotopic (exact) mass is 290 g/mol. The minimum atomic E-state index is -1.87. The van der Waals surface area contributed by atoms with E-state index < -0.39 is 22.7 Å². The molecule has 0 saturated carbocycles. The molecule has 0 spiro atoms. The first-order valence-corrected chi connectivity index (χ1v) is 6.73. The van der Waals surface area contributed by atoms with Crippen molar-refractivity contribution in [2.24, 2.45) is 0 Å². The minimum absolute atomic E-state index is 0.196. The van der Waals surface area contributed by atoms with Gasteiger partial charge in [0.15, 0.2) is 0 Å². The van der Waals surface area contributed by atoms with Crippen LogP contribution in [0.4, 0.5) is 0 Å². The van der Waals surface area contributed by atoms with Gasteiger partial charge in [-0.15, -0.1) is 0 Å². The second kappa shape index (κ2) is 5.66. The Morgan fingerprint density at radius 3 is 1.75 bits per heavy atom. The largest absolute Gasteiger partial charge is 0.478 e. The molecule has 2 rings (SSSR count). The van der Waals surface area contributed by atoms with Crippen molar-refractivity contribution in [3.63, 3.8) is 0 Å². The Balaban J connectivity index is 2.68. The van der Waals surface area contributed by atoms with Crippen LogP contribution in [0.15, 0.2) is 58.3 Å². The maximum atomic E-state index is 12.5. The molecule has 1 unspecified atom stereocenters. The van der Waals surface area contributed by atoms with Gasteiger partial charge in [0.25, 0.3) is 0 Å². The predicted octanol–water partition coefficient (Wildman–Crippen LogP) is 2.25. The number of rotatable bonds is 4. The third-order valence-corrected chi connectivity index (χ3v) is 4.13. The van der Waals surface area contributed by atoms with Crippen LogP contribution in [0, 0.1) is 0 Å². The lowest BCUT2D eigenvalue weighted by Crippen LogP contribution is -2.11. The molecule has 1 atom stereocenters. The maximum Gasteiger partial charge on any atom is 0.336 e. The van der Waals surface area contributed by atoms with Crippen molar-refractivity contribution < 1.29 is 24.0 Å². The summed E-state index contributed by atoms with van der Waals surface area (Å²) in [6.07, 6.45) is 0. The van der Waals surface area contributed by atoms with Crippen molar-refractivity contribution in [1.82, 2.24) is 0 Å². The zero-order valence-corrected chi connectivity index (χ0v) is 11.0. The Labute approximate surface area is 117 Å². The number of carboxylic acid groups (broad SMARTS) is 2. The molecule has 0 saturated heterocycles. The van der Waals surface area contributed by atoms with Gasteiger partial charge in [-0.1, -0.05) is 24.3 Å². The van der Waals surface area contributed by atoms with E-state index in [4.69, 9.17) is 10.2 Å². The van der Waals surface area contributed by atoms with Crippen molar-refractivity contribution in [1.29, 1.82) is 0 Å². The highest BCUT2D eigenvalue weighted by Crippen LogP contribution is 2.24. The topological polar surface area (TPSA) is 91.7 Å². The van der Waals surface area contributed by atoms with E-state index in [9.17, 15) is 13.8 Å². The molecule has 0 radical (unpaired) electrons. The molecule has 0 fully saturated rings. The van der Waals surface area contributed by atoms with Gasteiger partial charge < -0.3 is 10.2 Å². The van der Waals surface area contributed by atoms with E-state index in [0.29, 0.717) is 4.90 Å². The van der Waals surface area contributed by atoms with Gasteiger partial charge in [-0.25, -0.2) is 13.8 Å². The molecule has 6 heteroatoms. The van der Waals surface area contributed by atoms with E-state index in [1.165, 1.54) is 18.2 Å². The normalized spacial score (nSPS) is 11.8. The molecule has 2 aromatic rings. The first-order chi connectivity index (χ1) is 9.52. The van der Waals surface area contributed by atoms with Crippen LogP contribution in [-0.4, -0.2) is 26.4 Å². The molecular weight excluding hydrogens is 280 g/mol. The lowest BCUT2D eigenvalue weighted by molar-refractivity contribution is 0.0690. The SMILES string of the molecule is O=C(O)c1cccc(C(=O)O)c1S(=O)c1ccccc1. The fourth-order valence-electron chi connectivity index (χ4n) is 1.74. The molecule has 2 aromatic carbocycles. The summed E-state index contributed by atoms with van der Waals surface area (Å²) in [7, 11) is -1.87. The highest BCUT2D eigenvalue weighted by atomic mass is 32.2. The number of benzene rings is 2. The summed E-state index contributed by atoms with van der Waals surface area (Å²) in [5.41, 5.74) is -0.542. The average molecular weight is 290 g/mol. The summed E-state index contributed by atoms with van der Waals surface area (Å²) >= 11 is 0. The van der Waals surface area contributed by atoms with Crippen LogP contribution in [0.3, 0.4) is 0 Å². The maximum absolute atomic E-state index is 12.5. The summed E-state index contributed by atoms with van der Waals surface area (Å²) in [5.74, 6) is -2.63. The van der Waals surface area contributed by atoms with Crippen LogP contribution in [0.2, 0.25) is 0 Å². The van der Waals surface area contributed by atoms with Crippen molar-refractivity contribution in [2.45, 2.75) is 9.79 Å². The van der Waals surface area contributed by atoms with Crippen LogP contribution < -0.4 is 0 Å². The van der Waals surface area contributed by atoms with Gasteiger partial charge in [0, 0.05) is 4.90 Å². The third kappa shape index (κ3) is 2.60. The molecule has 5 nitrogen and oxygen atoms in total. The van der Waals surface area contributed by atoms with Crippen molar-refractivity contribution in [3.05, 3.63) is 59.7 Å². The van der Waals surface area contributed by atoms with Crippen LogP contribution in [0.1, 0.15) is 20.7 Å². The number of aromatic carboxylic acids is 2. The number of hydrogen-bond donors (Lipinski definition) is 2. The molecular formula is C14H10O5S. The van der Waals surface area contributed by atoms with Gasteiger partial charge in [0.1, 0.15) is 0 Å². The van der Waals surface area contributed by atoms with Crippen LogP contribution >= 0.6 is 0 Å². The van der Waals surface area contributed by atoms with Crippen molar-refractivity contribution in [3.8, 4) is 0 Å². The van der Waals surface area contributed by atoms with Crippen LogP contribution in [0.5, 0.6) is 0 Å².